The monoisotopic (exact) mass is 271 g/mol. The summed E-state index contributed by atoms with van der Waals surface area (Å²) in [5, 5.41) is 18.2. The van der Waals surface area contributed by atoms with E-state index < -0.39 is 6.09 Å². The van der Waals surface area contributed by atoms with Gasteiger partial charge < -0.3 is 25.4 Å². The number of carbonyl (C=O) groups excluding carboxylic acids is 2. The van der Waals surface area contributed by atoms with Gasteiger partial charge in [-0.05, 0) is 24.1 Å². The number of rotatable bonds is 3. The van der Waals surface area contributed by atoms with Gasteiger partial charge in [0.05, 0.1) is 14.2 Å². The van der Waals surface area contributed by atoms with Crippen molar-refractivity contribution in [3.8, 4) is 11.5 Å². The number of nitrogens with two attached hydrogens (primary N) is 1. The second-order valence-electron chi connectivity index (χ2n) is 3.42. The van der Waals surface area contributed by atoms with Gasteiger partial charge >= 0.3 is 12.1 Å². The number of phenolic OH excluding ortho intramolecular Hbond substituents is 2. The van der Waals surface area contributed by atoms with Crippen molar-refractivity contribution in [2.75, 3.05) is 14.2 Å². The second-order valence-corrected chi connectivity index (χ2v) is 3.42. The number of aryl methyl sites for hydroxylation is 1. The molecule has 0 saturated heterocycles. The number of amides is 1. The lowest BCUT2D eigenvalue weighted by Crippen LogP contribution is -2.08. The molecule has 0 bridgehead atoms. The fourth-order valence-corrected chi connectivity index (χ4v) is 1.07. The fourth-order valence-electron chi connectivity index (χ4n) is 1.07. The third-order valence-electron chi connectivity index (χ3n) is 2.09. The molecule has 0 atom stereocenters. The van der Waals surface area contributed by atoms with Crippen LogP contribution in [0.25, 0.3) is 0 Å². The van der Waals surface area contributed by atoms with E-state index in [-0.39, 0.29) is 23.9 Å². The summed E-state index contributed by atoms with van der Waals surface area (Å²) in [6.45, 7) is 0. The van der Waals surface area contributed by atoms with Crippen LogP contribution < -0.4 is 5.73 Å². The van der Waals surface area contributed by atoms with Gasteiger partial charge in [-0.3, -0.25) is 4.79 Å². The van der Waals surface area contributed by atoms with Gasteiger partial charge in [-0.15, -0.1) is 0 Å². The Balaban J connectivity index is 0.000000555. The van der Waals surface area contributed by atoms with Gasteiger partial charge in [0.15, 0.2) is 11.5 Å². The number of esters is 1. The number of primary amides is 1. The predicted molar refractivity (Wildman–Crippen MR) is 66.7 cm³/mol. The lowest BCUT2D eigenvalue weighted by atomic mass is 10.1. The summed E-state index contributed by atoms with van der Waals surface area (Å²) in [6.07, 6.45) is 0.00585. The van der Waals surface area contributed by atoms with E-state index in [2.05, 4.69) is 15.2 Å². The summed E-state index contributed by atoms with van der Waals surface area (Å²) in [4.78, 5) is 20.2. The zero-order valence-corrected chi connectivity index (χ0v) is 10.8. The number of methoxy groups -OCH3 is 2. The Labute approximate surface area is 110 Å². The fraction of sp³-hybridized carbons (Fsp3) is 0.333. The molecule has 0 aromatic heterocycles. The van der Waals surface area contributed by atoms with Crippen molar-refractivity contribution in [3.05, 3.63) is 23.8 Å². The van der Waals surface area contributed by atoms with Crippen LogP contribution in [0.5, 0.6) is 11.5 Å². The van der Waals surface area contributed by atoms with Gasteiger partial charge in [-0.2, -0.15) is 0 Å². The van der Waals surface area contributed by atoms with E-state index in [1.54, 1.807) is 6.07 Å². The van der Waals surface area contributed by atoms with E-state index >= 15 is 0 Å². The number of aromatic hydroxyl groups is 2. The lowest BCUT2D eigenvalue weighted by Gasteiger charge is -2.02. The molecule has 0 heterocycles. The molecule has 0 saturated carbocycles. The smallest absolute Gasteiger partial charge is 0.404 e. The van der Waals surface area contributed by atoms with Gasteiger partial charge in [0.25, 0.3) is 0 Å². The summed E-state index contributed by atoms with van der Waals surface area (Å²) >= 11 is 0. The van der Waals surface area contributed by atoms with Crippen LogP contribution >= 0.6 is 0 Å². The summed E-state index contributed by atoms with van der Waals surface area (Å²) in [5.74, 6) is -0.628. The zero-order valence-electron chi connectivity index (χ0n) is 10.8. The van der Waals surface area contributed by atoms with Gasteiger partial charge in [0.2, 0.25) is 0 Å². The number of ether oxygens (including phenoxy) is 2. The minimum Gasteiger partial charge on any atom is -0.504 e. The summed E-state index contributed by atoms with van der Waals surface area (Å²) in [5.41, 5.74) is 5.21. The van der Waals surface area contributed by atoms with Crippen LogP contribution in [0, 0.1) is 0 Å². The average molecular weight is 271 g/mol. The molecule has 1 rings (SSSR count). The molecule has 0 fully saturated rings. The summed E-state index contributed by atoms with van der Waals surface area (Å²) in [7, 11) is 2.55. The van der Waals surface area contributed by atoms with Crippen LogP contribution in [0.1, 0.15) is 12.0 Å². The molecule has 4 N–H and O–H groups in total. The van der Waals surface area contributed by atoms with E-state index in [1.165, 1.54) is 26.4 Å². The van der Waals surface area contributed by atoms with Gasteiger partial charge in [0.1, 0.15) is 0 Å². The van der Waals surface area contributed by atoms with Crippen LogP contribution in [0.4, 0.5) is 4.79 Å². The Morgan fingerprint density at radius 3 is 2.16 bits per heavy atom. The molecular formula is C12H17NO6. The second kappa shape index (κ2) is 8.62. The Kier molecular flexibility index (Phi) is 7.51. The normalized spacial score (nSPS) is 8.95. The molecule has 19 heavy (non-hydrogen) atoms. The number of hydrogen-bond donors (Lipinski definition) is 3. The van der Waals surface area contributed by atoms with Gasteiger partial charge in [0, 0.05) is 6.42 Å². The topological polar surface area (TPSA) is 119 Å². The molecule has 1 amide bonds. The molecule has 7 nitrogen and oxygen atoms in total. The molecule has 0 aliphatic carbocycles. The third kappa shape index (κ3) is 7.48. The number of hydrogen-bond acceptors (Lipinski definition) is 6. The quantitative estimate of drug-likeness (QED) is 0.555. The molecule has 0 aliphatic heterocycles. The van der Waals surface area contributed by atoms with E-state index in [0.717, 1.165) is 5.56 Å². The average Bonchev–Trinajstić information content (AvgIpc) is 2.40. The van der Waals surface area contributed by atoms with Crippen molar-refractivity contribution in [2.24, 2.45) is 5.73 Å². The van der Waals surface area contributed by atoms with Gasteiger partial charge in [-0.1, -0.05) is 6.07 Å². The van der Waals surface area contributed by atoms with E-state index in [4.69, 9.17) is 10.2 Å². The van der Waals surface area contributed by atoms with E-state index in [1.807, 2.05) is 0 Å². The molecule has 0 unspecified atom stereocenters. The minimum absolute atomic E-state index is 0.160. The third-order valence-corrected chi connectivity index (χ3v) is 2.09. The summed E-state index contributed by atoms with van der Waals surface area (Å²) < 4.78 is 8.36. The van der Waals surface area contributed by atoms with Crippen molar-refractivity contribution < 1.29 is 29.3 Å². The van der Waals surface area contributed by atoms with Crippen molar-refractivity contribution >= 4 is 12.1 Å². The van der Waals surface area contributed by atoms with Crippen molar-refractivity contribution in [3.63, 3.8) is 0 Å². The molecule has 0 aliphatic rings. The first-order chi connectivity index (χ1) is 8.90. The molecule has 1 aromatic rings. The Morgan fingerprint density at radius 1 is 1.16 bits per heavy atom. The lowest BCUT2D eigenvalue weighted by molar-refractivity contribution is -0.140. The van der Waals surface area contributed by atoms with Crippen molar-refractivity contribution in [1.82, 2.24) is 0 Å². The maximum absolute atomic E-state index is 10.8. The minimum atomic E-state index is -0.745. The van der Waals surface area contributed by atoms with Crippen molar-refractivity contribution in [2.45, 2.75) is 12.8 Å². The molecule has 0 spiro atoms. The molecular weight excluding hydrogens is 254 g/mol. The standard InChI is InChI=1S/C10H12O4.C2H5NO2/c1-14-10(13)5-3-7-2-4-8(11)9(12)6-7;1-5-2(3)4/h2,4,6,11-12H,3,5H2,1H3;1H3,(H2,3,4). The SMILES string of the molecule is COC(=O)CCc1ccc(O)c(O)c1.COC(N)=O. The van der Waals surface area contributed by atoms with Crippen LogP contribution in [-0.2, 0) is 20.7 Å². The van der Waals surface area contributed by atoms with E-state index in [9.17, 15) is 9.59 Å². The number of carbonyl (C=O) groups is 2. The maximum atomic E-state index is 10.8. The van der Waals surface area contributed by atoms with E-state index in [0.29, 0.717) is 6.42 Å². The number of phenols is 2. The van der Waals surface area contributed by atoms with Crippen LogP contribution in [0.2, 0.25) is 0 Å². The van der Waals surface area contributed by atoms with Crippen LogP contribution in [0.3, 0.4) is 0 Å². The first kappa shape index (κ1) is 16.6. The highest BCUT2D eigenvalue weighted by atomic mass is 16.5. The first-order valence-electron chi connectivity index (χ1n) is 5.31. The van der Waals surface area contributed by atoms with Crippen molar-refractivity contribution in [1.29, 1.82) is 0 Å². The summed E-state index contributed by atoms with van der Waals surface area (Å²) in [6, 6.07) is 4.47. The highest BCUT2D eigenvalue weighted by Gasteiger charge is 2.04. The Morgan fingerprint density at radius 2 is 1.74 bits per heavy atom. The maximum Gasteiger partial charge on any atom is 0.404 e. The highest BCUT2D eigenvalue weighted by Crippen LogP contribution is 2.25. The van der Waals surface area contributed by atoms with Gasteiger partial charge in [-0.25, -0.2) is 4.79 Å². The largest absolute Gasteiger partial charge is 0.504 e. The predicted octanol–water partition coefficient (Wildman–Crippen LogP) is 0.915. The molecule has 106 valence electrons. The first-order valence-corrected chi connectivity index (χ1v) is 5.31. The molecule has 7 heteroatoms. The van der Waals surface area contributed by atoms with Crippen LogP contribution in [0.15, 0.2) is 18.2 Å². The molecule has 1 aromatic carbocycles. The zero-order chi connectivity index (χ0) is 14.8. The number of benzene rings is 1. The molecule has 0 radical (unpaired) electrons. The van der Waals surface area contributed by atoms with Crippen LogP contribution in [-0.4, -0.2) is 36.5 Å². The Hall–Kier alpha value is -2.44. The Bertz CT molecular complexity index is 432. The highest BCUT2D eigenvalue weighted by molar-refractivity contribution is 5.69.